The first kappa shape index (κ1) is 16.4. The van der Waals surface area contributed by atoms with Gasteiger partial charge in [-0.2, -0.15) is 0 Å². The van der Waals surface area contributed by atoms with Gasteiger partial charge in [0.25, 0.3) is 0 Å². The molecule has 21 heavy (non-hydrogen) atoms. The summed E-state index contributed by atoms with van der Waals surface area (Å²) in [4.78, 5) is 4.12. The smallest absolute Gasteiger partial charge is 0.0834 e. The molecule has 1 aliphatic rings. The van der Waals surface area contributed by atoms with E-state index in [4.69, 9.17) is 4.74 Å². The molecule has 2 rings (SSSR count). The number of aromatic nitrogens is 1. The van der Waals surface area contributed by atoms with Crippen molar-refractivity contribution in [2.24, 2.45) is 5.41 Å². The maximum Gasteiger partial charge on any atom is 0.0834 e. The van der Waals surface area contributed by atoms with E-state index in [0.29, 0.717) is 11.5 Å². The molecule has 1 atom stereocenters. The molecular weight excluding hydrogens is 260 g/mol. The lowest BCUT2D eigenvalue weighted by molar-refractivity contribution is -0.0858. The molecule has 0 aromatic carbocycles. The molecule has 1 aliphatic carbocycles. The first-order valence-corrected chi connectivity index (χ1v) is 8.19. The number of hydrogen-bond acceptors (Lipinski definition) is 3. The van der Waals surface area contributed by atoms with Gasteiger partial charge in [-0.15, -0.1) is 0 Å². The van der Waals surface area contributed by atoms with E-state index in [1.54, 1.807) is 0 Å². The van der Waals surface area contributed by atoms with E-state index in [1.807, 2.05) is 19.5 Å². The lowest BCUT2D eigenvalue weighted by atomic mass is 9.67. The van der Waals surface area contributed by atoms with Gasteiger partial charge in [-0.3, -0.25) is 4.98 Å². The molecule has 1 fully saturated rings. The quantitative estimate of drug-likeness (QED) is 0.869. The summed E-state index contributed by atoms with van der Waals surface area (Å²) in [6.07, 6.45) is 9.50. The van der Waals surface area contributed by atoms with Crippen LogP contribution in [0.15, 0.2) is 24.5 Å². The third kappa shape index (κ3) is 4.04. The molecule has 0 saturated heterocycles. The predicted octanol–water partition coefficient (Wildman–Crippen LogP) is 3.59. The predicted molar refractivity (Wildman–Crippen MR) is 87.4 cm³/mol. The van der Waals surface area contributed by atoms with E-state index in [-0.39, 0.29) is 5.60 Å². The topological polar surface area (TPSA) is 34.2 Å². The van der Waals surface area contributed by atoms with Crippen molar-refractivity contribution in [3.63, 3.8) is 0 Å². The highest BCUT2D eigenvalue weighted by Crippen LogP contribution is 2.43. The number of nitrogens with zero attached hydrogens (tertiary/aromatic N) is 1. The maximum atomic E-state index is 6.08. The highest BCUT2D eigenvalue weighted by molar-refractivity contribution is 5.14. The summed E-state index contributed by atoms with van der Waals surface area (Å²) in [6, 6.07) is 4.59. The summed E-state index contributed by atoms with van der Waals surface area (Å²) in [6.45, 7) is 7.90. The number of methoxy groups -OCH3 is 1. The average molecular weight is 290 g/mol. The molecule has 1 N–H and O–H groups in total. The molecule has 118 valence electrons. The van der Waals surface area contributed by atoms with Gasteiger partial charge in [-0.1, -0.05) is 20.8 Å². The van der Waals surface area contributed by atoms with Gasteiger partial charge in [-0.25, -0.2) is 0 Å². The zero-order valence-electron chi connectivity index (χ0n) is 14.0. The summed E-state index contributed by atoms with van der Waals surface area (Å²) < 4.78 is 6.08. The largest absolute Gasteiger partial charge is 0.377 e. The molecule has 0 bridgehead atoms. The Labute approximate surface area is 129 Å². The van der Waals surface area contributed by atoms with Crippen LogP contribution < -0.4 is 5.32 Å². The van der Waals surface area contributed by atoms with Crippen molar-refractivity contribution >= 4 is 0 Å². The lowest BCUT2D eigenvalue weighted by Crippen LogP contribution is -2.55. The van der Waals surface area contributed by atoms with Crippen molar-refractivity contribution < 1.29 is 4.74 Å². The molecule has 1 aromatic heterocycles. The van der Waals surface area contributed by atoms with Crippen LogP contribution in [0.1, 0.15) is 52.0 Å². The van der Waals surface area contributed by atoms with Crippen LogP contribution in [-0.4, -0.2) is 30.3 Å². The van der Waals surface area contributed by atoms with Gasteiger partial charge in [0, 0.05) is 25.5 Å². The van der Waals surface area contributed by atoms with Crippen molar-refractivity contribution in [3.8, 4) is 0 Å². The van der Waals surface area contributed by atoms with E-state index in [1.165, 1.54) is 18.4 Å². The van der Waals surface area contributed by atoms with Crippen molar-refractivity contribution in [1.29, 1.82) is 0 Å². The fourth-order valence-corrected chi connectivity index (χ4v) is 3.49. The minimum atomic E-state index is -0.0329. The molecule has 1 aromatic rings. The van der Waals surface area contributed by atoms with Crippen LogP contribution in [0.2, 0.25) is 0 Å². The molecule has 1 heterocycles. The summed E-state index contributed by atoms with van der Waals surface area (Å²) in [5, 5.41) is 3.67. The van der Waals surface area contributed by atoms with Crippen LogP contribution in [-0.2, 0) is 11.2 Å². The zero-order chi connectivity index (χ0) is 15.3. The fraction of sp³-hybridized carbons (Fsp3) is 0.722. The highest BCUT2D eigenvalue weighted by Gasteiger charge is 2.43. The van der Waals surface area contributed by atoms with Gasteiger partial charge in [0.15, 0.2) is 0 Å². The summed E-state index contributed by atoms with van der Waals surface area (Å²) in [7, 11) is 1.88. The van der Waals surface area contributed by atoms with Crippen LogP contribution >= 0.6 is 0 Å². The molecule has 3 nitrogen and oxygen atoms in total. The molecule has 0 spiro atoms. The van der Waals surface area contributed by atoms with Gasteiger partial charge >= 0.3 is 0 Å². The second kappa shape index (κ2) is 6.89. The van der Waals surface area contributed by atoms with Gasteiger partial charge in [0.2, 0.25) is 0 Å². The zero-order valence-corrected chi connectivity index (χ0v) is 14.0. The monoisotopic (exact) mass is 290 g/mol. The summed E-state index contributed by atoms with van der Waals surface area (Å²) >= 11 is 0. The average Bonchev–Trinajstić information content (AvgIpc) is 2.49. The maximum absolute atomic E-state index is 6.08. The fourth-order valence-electron chi connectivity index (χ4n) is 3.49. The number of likely N-dealkylation sites (N-methyl/N-ethyl adjacent to an activating group) is 1. The van der Waals surface area contributed by atoms with E-state index < -0.39 is 0 Å². The van der Waals surface area contributed by atoms with E-state index in [2.05, 4.69) is 43.2 Å². The van der Waals surface area contributed by atoms with E-state index >= 15 is 0 Å². The number of hydrogen-bond donors (Lipinski definition) is 1. The van der Waals surface area contributed by atoms with Crippen molar-refractivity contribution in [2.75, 3.05) is 13.7 Å². The lowest BCUT2D eigenvalue weighted by Gasteiger charge is -2.47. The van der Waals surface area contributed by atoms with Crippen LogP contribution in [0.3, 0.4) is 0 Å². The van der Waals surface area contributed by atoms with Crippen LogP contribution in [0.4, 0.5) is 0 Å². The summed E-state index contributed by atoms with van der Waals surface area (Å²) in [5.41, 5.74) is 1.75. The van der Waals surface area contributed by atoms with Gasteiger partial charge in [0.05, 0.1) is 5.60 Å². The molecular formula is C18H30N2O. The summed E-state index contributed by atoms with van der Waals surface area (Å²) in [5.74, 6) is 0. The number of nitrogens with one attached hydrogen (secondary N) is 1. The van der Waals surface area contributed by atoms with Crippen molar-refractivity contribution in [1.82, 2.24) is 10.3 Å². The second-order valence-electron chi connectivity index (χ2n) is 7.10. The van der Waals surface area contributed by atoms with Gasteiger partial charge in [-0.05, 0) is 61.8 Å². The normalized spacial score (nSPS) is 21.9. The first-order valence-electron chi connectivity index (χ1n) is 8.19. The molecule has 0 amide bonds. The number of ether oxygens (including phenoxy) is 1. The molecule has 1 saturated carbocycles. The Morgan fingerprint density at radius 2 is 1.81 bits per heavy atom. The molecule has 0 aliphatic heterocycles. The Balaban J connectivity index is 2.15. The second-order valence-corrected chi connectivity index (χ2v) is 7.10. The van der Waals surface area contributed by atoms with Gasteiger partial charge in [0.1, 0.15) is 0 Å². The Bertz CT molecular complexity index is 420. The first-order chi connectivity index (χ1) is 10.0. The molecule has 1 unspecified atom stereocenters. The van der Waals surface area contributed by atoms with E-state index in [9.17, 15) is 0 Å². The van der Waals surface area contributed by atoms with E-state index in [0.717, 1.165) is 25.8 Å². The third-order valence-corrected chi connectivity index (χ3v) is 5.13. The van der Waals surface area contributed by atoms with Gasteiger partial charge < -0.3 is 10.1 Å². The highest BCUT2D eigenvalue weighted by atomic mass is 16.5. The Morgan fingerprint density at radius 1 is 1.19 bits per heavy atom. The Kier molecular flexibility index (Phi) is 5.39. The van der Waals surface area contributed by atoms with Crippen molar-refractivity contribution in [3.05, 3.63) is 30.1 Å². The SMILES string of the molecule is CCNC(Cc1ccncc1)C1(OC)CCC(C)(C)CC1. The minimum absolute atomic E-state index is 0.0329. The minimum Gasteiger partial charge on any atom is -0.377 e. The van der Waals surface area contributed by atoms with Crippen LogP contribution in [0.25, 0.3) is 0 Å². The number of rotatable bonds is 6. The molecule has 0 radical (unpaired) electrons. The Hall–Kier alpha value is -0.930. The van der Waals surface area contributed by atoms with Crippen LogP contribution in [0, 0.1) is 5.41 Å². The standard InChI is InChI=1S/C18H30N2O/c1-5-20-16(14-15-6-12-19-13-7-15)18(21-4)10-8-17(2,3)9-11-18/h6-7,12-13,16,20H,5,8-11,14H2,1-4H3. The third-order valence-electron chi connectivity index (χ3n) is 5.13. The van der Waals surface area contributed by atoms with Crippen LogP contribution in [0.5, 0.6) is 0 Å². The van der Waals surface area contributed by atoms with Crippen molar-refractivity contribution in [2.45, 2.75) is 64.5 Å². The Morgan fingerprint density at radius 3 is 2.33 bits per heavy atom. The number of pyridine rings is 1. The molecule has 3 heteroatoms.